The van der Waals surface area contributed by atoms with Gasteiger partial charge in [-0.25, -0.2) is 4.79 Å². The Morgan fingerprint density at radius 3 is 2.45 bits per heavy atom. The third kappa shape index (κ3) is 2.97. The Morgan fingerprint density at radius 2 is 1.95 bits per heavy atom. The molecule has 1 fully saturated rings. The Bertz CT molecular complexity index is 545. The molecule has 1 saturated heterocycles. The molecule has 1 aromatic rings. The van der Waals surface area contributed by atoms with E-state index in [1.54, 1.807) is 25.1 Å². The van der Waals surface area contributed by atoms with Crippen molar-refractivity contribution in [2.75, 3.05) is 45.2 Å². The molecule has 0 unspecified atom stereocenters. The van der Waals surface area contributed by atoms with Gasteiger partial charge in [0.25, 0.3) is 0 Å². The first-order valence-corrected chi connectivity index (χ1v) is 6.81. The molecule has 0 aromatic heterocycles. The maximum Gasteiger partial charge on any atom is 0.319 e. The molecule has 0 spiro atoms. The number of nitriles is 1. The van der Waals surface area contributed by atoms with Gasteiger partial charge in [-0.3, -0.25) is 0 Å². The van der Waals surface area contributed by atoms with Gasteiger partial charge in [0.05, 0.1) is 10.6 Å². The van der Waals surface area contributed by atoms with E-state index in [1.165, 1.54) is 0 Å². The van der Waals surface area contributed by atoms with Crippen LogP contribution in [0.2, 0.25) is 5.02 Å². The van der Waals surface area contributed by atoms with Gasteiger partial charge in [-0.05, 0) is 18.2 Å². The fourth-order valence-corrected chi connectivity index (χ4v) is 2.45. The van der Waals surface area contributed by atoms with Gasteiger partial charge >= 0.3 is 6.03 Å². The van der Waals surface area contributed by atoms with Crippen molar-refractivity contribution in [3.8, 4) is 6.07 Å². The van der Waals surface area contributed by atoms with Crippen LogP contribution in [0, 0.1) is 11.3 Å². The average molecular weight is 293 g/mol. The molecular formula is C14H17ClN4O. The maximum absolute atomic E-state index is 11.9. The van der Waals surface area contributed by atoms with Crippen LogP contribution < -0.4 is 4.90 Å². The van der Waals surface area contributed by atoms with Crippen LogP contribution in [0.4, 0.5) is 10.5 Å². The van der Waals surface area contributed by atoms with Crippen molar-refractivity contribution in [3.05, 3.63) is 28.8 Å². The van der Waals surface area contributed by atoms with Crippen molar-refractivity contribution in [3.63, 3.8) is 0 Å². The Labute approximate surface area is 123 Å². The highest BCUT2D eigenvalue weighted by molar-refractivity contribution is 6.32. The van der Waals surface area contributed by atoms with Crippen LogP contribution in [0.25, 0.3) is 0 Å². The Kier molecular flexibility index (Phi) is 4.35. The summed E-state index contributed by atoms with van der Waals surface area (Å²) in [6.45, 7) is 2.91. The highest BCUT2D eigenvalue weighted by Gasteiger charge is 2.22. The molecule has 0 atom stereocenters. The van der Waals surface area contributed by atoms with E-state index in [9.17, 15) is 4.79 Å². The van der Waals surface area contributed by atoms with Crippen LogP contribution in [0.5, 0.6) is 0 Å². The second-order valence-electron chi connectivity index (χ2n) is 4.93. The van der Waals surface area contributed by atoms with Gasteiger partial charge in [0.2, 0.25) is 0 Å². The fourth-order valence-electron chi connectivity index (χ4n) is 2.23. The monoisotopic (exact) mass is 292 g/mol. The SMILES string of the molecule is CN(C)C(=O)N1CCN(c2ccc(C#N)c(Cl)c2)CC1. The minimum absolute atomic E-state index is 0.0440. The van der Waals surface area contributed by atoms with E-state index in [1.807, 2.05) is 17.0 Å². The topological polar surface area (TPSA) is 50.6 Å². The highest BCUT2D eigenvalue weighted by Crippen LogP contribution is 2.24. The predicted octanol–water partition coefficient (Wildman–Crippen LogP) is 2.02. The van der Waals surface area contributed by atoms with Gasteiger partial charge in [-0.2, -0.15) is 5.26 Å². The second-order valence-corrected chi connectivity index (χ2v) is 5.33. The molecule has 2 rings (SSSR count). The summed E-state index contributed by atoms with van der Waals surface area (Å²) in [5.41, 5.74) is 1.47. The molecule has 5 nitrogen and oxygen atoms in total. The molecular weight excluding hydrogens is 276 g/mol. The zero-order chi connectivity index (χ0) is 14.7. The minimum atomic E-state index is 0.0440. The summed E-state index contributed by atoms with van der Waals surface area (Å²) in [4.78, 5) is 17.5. The maximum atomic E-state index is 11.9. The predicted molar refractivity (Wildman–Crippen MR) is 79.0 cm³/mol. The smallest absolute Gasteiger partial charge is 0.319 e. The molecule has 106 valence electrons. The lowest BCUT2D eigenvalue weighted by Crippen LogP contribution is -2.51. The summed E-state index contributed by atoms with van der Waals surface area (Å²) in [6, 6.07) is 7.53. The summed E-state index contributed by atoms with van der Waals surface area (Å²) in [6.07, 6.45) is 0. The number of nitrogens with zero attached hydrogens (tertiary/aromatic N) is 4. The molecule has 2 amide bonds. The number of piperazine rings is 1. The third-order valence-electron chi connectivity index (χ3n) is 3.37. The Hall–Kier alpha value is -1.93. The van der Waals surface area contributed by atoms with Crippen molar-refractivity contribution in [2.45, 2.75) is 0 Å². The van der Waals surface area contributed by atoms with Crippen molar-refractivity contribution < 1.29 is 4.79 Å². The number of amides is 2. The van der Waals surface area contributed by atoms with E-state index < -0.39 is 0 Å². The number of halogens is 1. The van der Waals surface area contributed by atoms with Gasteiger partial charge in [0.15, 0.2) is 0 Å². The number of hydrogen-bond donors (Lipinski definition) is 0. The summed E-state index contributed by atoms with van der Waals surface area (Å²) >= 11 is 6.05. The van der Waals surface area contributed by atoms with Crippen LogP contribution >= 0.6 is 11.6 Å². The summed E-state index contributed by atoms with van der Waals surface area (Å²) in [5, 5.41) is 9.34. The number of anilines is 1. The number of benzene rings is 1. The lowest BCUT2D eigenvalue weighted by molar-refractivity contribution is 0.168. The first-order chi connectivity index (χ1) is 9.52. The molecule has 0 bridgehead atoms. The number of urea groups is 1. The average Bonchev–Trinajstić information content (AvgIpc) is 2.46. The van der Waals surface area contributed by atoms with Gasteiger partial charge < -0.3 is 14.7 Å². The van der Waals surface area contributed by atoms with Crippen molar-refractivity contribution >= 4 is 23.3 Å². The number of hydrogen-bond acceptors (Lipinski definition) is 3. The standard InChI is InChI=1S/C14H17ClN4O/c1-17(2)14(20)19-7-5-18(6-8-19)12-4-3-11(10-16)13(15)9-12/h3-4,9H,5-8H2,1-2H3. The summed E-state index contributed by atoms with van der Waals surface area (Å²) < 4.78 is 0. The van der Waals surface area contributed by atoms with Crippen LogP contribution in [0.1, 0.15) is 5.56 Å². The molecule has 1 aliphatic rings. The fraction of sp³-hybridized carbons (Fsp3) is 0.429. The molecule has 20 heavy (non-hydrogen) atoms. The van der Waals surface area contributed by atoms with Crippen LogP contribution in [-0.4, -0.2) is 56.1 Å². The molecule has 1 aromatic carbocycles. The van der Waals surface area contributed by atoms with Gasteiger partial charge in [0, 0.05) is 46.0 Å². The Balaban J connectivity index is 2.02. The molecule has 0 saturated carbocycles. The first kappa shape index (κ1) is 14.5. The van der Waals surface area contributed by atoms with Crippen molar-refractivity contribution in [2.24, 2.45) is 0 Å². The highest BCUT2D eigenvalue weighted by atomic mass is 35.5. The molecule has 0 N–H and O–H groups in total. The second kappa shape index (κ2) is 6.02. The van der Waals surface area contributed by atoms with E-state index in [4.69, 9.17) is 16.9 Å². The van der Waals surface area contributed by atoms with Crippen molar-refractivity contribution in [1.82, 2.24) is 9.80 Å². The van der Waals surface area contributed by atoms with Gasteiger partial charge in [0.1, 0.15) is 6.07 Å². The van der Waals surface area contributed by atoms with E-state index >= 15 is 0 Å². The number of carbonyl (C=O) groups is 1. The van der Waals surface area contributed by atoms with Gasteiger partial charge in [-0.1, -0.05) is 11.6 Å². The minimum Gasteiger partial charge on any atom is -0.368 e. The van der Waals surface area contributed by atoms with E-state index in [2.05, 4.69) is 11.0 Å². The lowest BCUT2D eigenvalue weighted by atomic mass is 10.2. The molecule has 1 aliphatic heterocycles. The zero-order valence-corrected chi connectivity index (χ0v) is 12.4. The molecule has 1 heterocycles. The normalized spacial score (nSPS) is 14.9. The Morgan fingerprint density at radius 1 is 1.30 bits per heavy atom. The third-order valence-corrected chi connectivity index (χ3v) is 3.68. The van der Waals surface area contributed by atoms with Crippen LogP contribution in [0.15, 0.2) is 18.2 Å². The number of rotatable bonds is 1. The summed E-state index contributed by atoms with van der Waals surface area (Å²) in [5.74, 6) is 0. The quantitative estimate of drug-likeness (QED) is 0.796. The summed E-state index contributed by atoms with van der Waals surface area (Å²) in [7, 11) is 3.52. The molecule has 0 radical (unpaired) electrons. The van der Waals surface area contributed by atoms with Crippen LogP contribution in [0.3, 0.4) is 0 Å². The first-order valence-electron chi connectivity index (χ1n) is 6.43. The zero-order valence-electron chi connectivity index (χ0n) is 11.6. The number of carbonyl (C=O) groups excluding carboxylic acids is 1. The van der Waals surface area contributed by atoms with Gasteiger partial charge in [-0.15, -0.1) is 0 Å². The molecule has 0 aliphatic carbocycles. The molecule has 6 heteroatoms. The van der Waals surface area contributed by atoms with E-state index in [0.717, 1.165) is 18.8 Å². The van der Waals surface area contributed by atoms with Crippen molar-refractivity contribution in [1.29, 1.82) is 5.26 Å². The lowest BCUT2D eigenvalue weighted by Gasteiger charge is -2.37. The van der Waals surface area contributed by atoms with E-state index in [0.29, 0.717) is 23.7 Å². The van der Waals surface area contributed by atoms with Crippen LogP contribution in [-0.2, 0) is 0 Å². The largest absolute Gasteiger partial charge is 0.368 e. The van der Waals surface area contributed by atoms with E-state index in [-0.39, 0.29) is 6.03 Å².